The summed E-state index contributed by atoms with van der Waals surface area (Å²) in [7, 11) is 3.54. The van der Waals surface area contributed by atoms with Gasteiger partial charge in [-0.1, -0.05) is 64.9 Å². The molecule has 8 heteroatoms. The van der Waals surface area contributed by atoms with E-state index in [1.807, 2.05) is 39.8 Å². The number of carbonyl (C=O) groups is 1. The smallest absolute Gasteiger partial charge is 0.337 e. The van der Waals surface area contributed by atoms with E-state index in [1.54, 1.807) is 24.3 Å². The molecule has 40 heavy (non-hydrogen) atoms. The highest BCUT2D eigenvalue weighted by Gasteiger charge is 2.17. The molecule has 2 aliphatic rings. The Morgan fingerprint density at radius 3 is 2.35 bits per heavy atom. The summed E-state index contributed by atoms with van der Waals surface area (Å²) in [6.07, 6.45) is 2.61. The molecule has 224 valence electrons. The number of piperidine rings is 1. The Kier molecular flexibility index (Phi) is 17.1. The van der Waals surface area contributed by atoms with Crippen LogP contribution in [0.3, 0.4) is 0 Å². The first-order valence-electron chi connectivity index (χ1n) is 14.5. The molecule has 4 rings (SSSR count). The number of phenolic OH excluding ortho intramolecular Hbond substituents is 1. The Morgan fingerprint density at radius 1 is 1.07 bits per heavy atom. The summed E-state index contributed by atoms with van der Waals surface area (Å²) in [5, 5.41) is 12.9. The van der Waals surface area contributed by atoms with Crippen LogP contribution in [0.1, 0.15) is 63.4 Å². The Bertz CT molecular complexity index is 1020. The standard InChI is InChI=1S/C15H21NO2.C13H18ClN3O.2C2H6/c1-12-5-4-8-16(10-12)11-13-6-3-7-14(9-13)15(17)18-2;1-10(17-7-5-16(2)6-8-17)15-11-3-4-13(18)12(14)9-11;2*1-2/h3,6-7,9,12H,4-5,8,10-11H2,1-2H3;3-4,9,15,18H,1,5-8H2,2H3;2*1-2H3/t12-;;;/m1.../s1. The van der Waals surface area contributed by atoms with Crippen molar-refractivity contribution in [3.05, 3.63) is 71.0 Å². The highest BCUT2D eigenvalue weighted by atomic mass is 35.5. The van der Waals surface area contributed by atoms with Gasteiger partial charge in [0.2, 0.25) is 0 Å². The van der Waals surface area contributed by atoms with Crippen molar-refractivity contribution in [2.45, 2.75) is 54.0 Å². The maximum absolute atomic E-state index is 11.5. The third-order valence-electron chi connectivity index (χ3n) is 6.62. The summed E-state index contributed by atoms with van der Waals surface area (Å²) in [4.78, 5) is 18.4. The van der Waals surface area contributed by atoms with Crippen molar-refractivity contribution in [1.29, 1.82) is 0 Å². The van der Waals surface area contributed by atoms with Gasteiger partial charge in [0.25, 0.3) is 0 Å². The average molecular weight is 575 g/mol. The predicted molar refractivity (Wildman–Crippen MR) is 169 cm³/mol. The molecule has 2 aromatic rings. The lowest BCUT2D eigenvalue weighted by atomic mass is 9.99. The van der Waals surface area contributed by atoms with Crippen LogP contribution >= 0.6 is 11.6 Å². The van der Waals surface area contributed by atoms with Gasteiger partial charge in [-0.2, -0.15) is 0 Å². The van der Waals surface area contributed by atoms with Crippen molar-refractivity contribution in [3.63, 3.8) is 0 Å². The molecule has 0 unspecified atom stereocenters. The topological polar surface area (TPSA) is 68.3 Å². The number of ether oxygens (including phenoxy) is 1. The van der Waals surface area contributed by atoms with Crippen molar-refractivity contribution < 1.29 is 14.6 Å². The number of carbonyl (C=O) groups excluding carboxylic acids is 1. The molecule has 0 amide bonds. The number of aromatic hydroxyl groups is 1. The Balaban J connectivity index is 0.000000356. The molecule has 0 saturated carbocycles. The summed E-state index contributed by atoms with van der Waals surface area (Å²) >= 11 is 5.86. The van der Waals surface area contributed by atoms with Gasteiger partial charge in [-0.05, 0) is 68.2 Å². The monoisotopic (exact) mass is 574 g/mol. The molecule has 0 bridgehead atoms. The lowest BCUT2D eigenvalue weighted by Gasteiger charge is -2.35. The Hall–Kier alpha value is -2.74. The minimum Gasteiger partial charge on any atom is -0.506 e. The summed E-state index contributed by atoms with van der Waals surface area (Å²) < 4.78 is 4.75. The number of halogens is 1. The van der Waals surface area contributed by atoms with E-state index in [4.69, 9.17) is 16.3 Å². The molecular weight excluding hydrogens is 524 g/mol. The van der Waals surface area contributed by atoms with Crippen LogP contribution in [0.15, 0.2) is 54.9 Å². The molecular formula is C32H51ClN4O3. The van der Waals surface area contributed by atoms with Gasteiger partial charge in [0, 0.05) is 45.0 Å². The maximum atomic E-state index is 11.5. The fourth-order valence-corrected chi connectivity index (χ4v) is 4.69. The van der Waals surface area contributed by atoms with Crippen LogP contribution < -0.4 is 5.32 Å². The van der Waals surface area contributed by atoms with Gasteiger partial charge in [0.05, 0.1) is 23.5 Å². The van der Waals surface area contributed by atoms with Crippen molar-refractivity contribution >= 4 is 23.3 Å². The van der Waals surface area contributed by atoms with E-state index in [0.29, 0.717) is 10.6 Å². The van der Waals surface area contributed by atoms with E-state index in [9.17, 15) is 9.90 Å². The zero-order chi connectivity index (χ0) is 30.1. The number of anilines is 1. The van der Waals surface area contributed by atoms with Gasteiger partial charge in [-0.25, -0.2) is 4.79 Å². The molecule has 2 heterocycles. The van der Waals surface area contributed by atoms with Crippen LogP contribution in [0.5, 0.6) is 5.75 Å². The van der Waals surface area contributed by atoms with Crippen LogP contribution in [0.4, 0.5) is 5.69 Å². The van der Waals surface area contributed by atoms with Crippen molar-refractivity contribution in [3.8, 4) is 5.75 Å². The summed E-state index contributed by atoms with van der Waals surface area (Å²) in [6, 6.07) is 12.8. The average Bonchev–Trinajstić information content (AvgIpc) is 2.97. The number of benzene rings is 2. The number of nitrogens with zero attached hydrogens (tertiary/aromatic N) is 3. The first-order valence-corrected chi connectivity index (χ1v) is 14.9. The van der Waals surface area contributed by atoms with Crippen LogP contribution in [0, 0.1) is 5.92 Å². The zero-order valence-corrected chi connectivity index (χ0v) is 26.4. The molecule has 0 radical (unpaired) electrons. The van der Waals surface area contributed by atoms with Crippen molar-refractivity contribution in [2.24, 2.45) is 5.92 Å². The van der Waals surface area contributed by atoms with Gasteiger partial charge in [0.15, 0.2) is 0 Å². The number of methoxy groups -OCH3 is 1. The normalized spacial score (nSPS) is 17.1. The SMILES string of the molecule is C=C(Nc1ccc(O)c(Cl)c1)N1CCN(C)CC1.CC.CC.COC(=O)c1cccc(CN2CCC[C@@H](C)C2)c1. The van der Waals surface area contributed by atoms with E-state index in [1.165, 1.54) is 25.5 Å². The lowest BCUT2D eigenvalue weighted by Crippen LogP contribution is -2.44. The molecule has 1 atom stereocenters. The Morgan fingerprint density at radius 2 is 1.75 bits per heavy atom. The number of piperazine rings is 1. The van der Waals surface area contributed by atoms with Gasteiger partial charge in [0.1, 0.15) is 5.75 Å². The lowest BCUT2D eigenvalue weighted by molar-refractivity contribution is 0.0600. The predicted octanol–water partition coefficient (Wildman–Crippen LogP) is 6.93. The van der Waals surface area contributed by atoms with Crippen molar-refractivity contribution in [2.75, 3.05) is 58.7 Å². The number of nitrogens with one attached hydrogen (secondary N) is 1. The summed E-state index contributed by atoms with van der Waals surface area (Å²) in [6.45, 7) is 21.6. The Labute approximate surface area is 247 Å². The number of rotatable bonds is 6. The highest BCUT2D eigenvalue weighted by Crippen LogP contribution is 2.27. The fourth-order valence-electron chi connectivity index (χ4n) is 4.51. The number of likely N-dealkylation sites (tertiary alicyclic amines) is 1. The largest absolute Gasteiger partial charge is 0.506 e. The second-order valence-corrected chi connectivity index (χ2v) is 10.1. The van der Waals surface area contributed by atoms with Crippen LogP contribution in [0.25, 0.3) is 0 Å². The molecule has 7 nitrogen and oxygen atoms in total. The highest BCUT2D eigenvalue weighted by molar-refractivity contribution is 6.32. The summed E-state index contributed by atoms with van der Waals surface area (Å²) in [5.41, 5.74) is 2.66. The van der Waals surface area contributed by atoms with E-state index >= 15 is 0 Å². The number of esters is 1. The van der Waals surface area contributed by atoms with Gasteiger partial charge in [-0.3, -0.25) is 4.90 Å². The van der Waals surface area contributed by atoms with Crippen LogP contribution in [0.2, 0.25) is 5.02 Å². The molecule has 2 fully saturated rings. The van der Waals surface area contributed by atoms with Gasteiger partial charge in [-0.15, -0.1) is 0 Å². The molecule has 2 saturated heterocycles. The van der Waals surface area contributed by atoms with Gasteiger partial charge >= 0.3 is 5.97 Å². The number of likely N-dealkylation sites (N-methyl/N-ethyl adjacent to an activating group) is 1. The third-order valence-corrected chi connectivity index (χ3v) is 6.92. The minimum absolute atomic E-state index is 0.0902. The second kappa shape index (κ2) is 19.4. The summed E-state index contributed by atoms with van der Waals surface area (Å²) in [5.74, 6) is 1.48. The molecule has 2 aromatic carbocycles. The molecule has 0 spiro atoms. The maximum Gasteiger partial charge on any atom is 0.337 e. The van der Waals surface area contributed by atoms with E-state index in [2.05, 4.69) is 46.6 Å². The number of hydrogen-bond acceptors (Lipinski definition) is 7. The number of hydrogen-bond donors (Lipinski definition) is 2. The minimum atomic E-state index is -0.260. The number of phenols is 1. The zero-order valence-electron chi connectivity index (χ0n) is 25.7. The van der Waals surface area contributed by atoms with E-state index in [-0.39, 0.29) is 11.7 Å². The van der Waals surface area contributed by atoms with Crippen molar-refractivity contribution in [1.82, 2.24) is 14.7 Å². The third kappa shape index (κ3) is 12.2. The van der Waals surface area contributed by atoms with Crippen LogP contribution in [-0.4, -0.2) is 79.2 Å². The van der Waals surface area contributed by atoms with E-state index < -0.39 is 0 Å². The molecule has 2 aliphatic heterocycles. The van der Waals surface area contributed by atoms with E-state index in [0.717, 1.165) is 63.2 Å². The fraction of sp³-hybridized carbons (Fsp3) is 0.531. The molecule has 0 aliphatic carbocycles. The second-order valence-electron chi connectivity index (χ2n) is 9.70. The first-order chi connectivity index (χ1) is 19.2. The first kappa shape index (κ1) is 35.3. The van der Waals surface area contributed by atoms with Crippen LogP contribution in [-0.2, 0) is 11.3 Å². The molecule has 0 aromatic heterocycles. The molecule has 2 N–H and O–H groups in total. The van der Waals surface area contributed by atoms with Gasteiger partial charge < -0.3 is 25.0 Å². The quantitative estimate of drug-likeness (QED) is 0.286.